The first kappa shape index (κ1) is 8.63. The van der Waals surface area contributed by atoms with Gasteiger partial charge in [0, 0.05) is 6.61 Å². The molecule has 0 N–H and O–H groups in total. The topological polar surface area (TPSA) is 26.3 Å². The van der Waals surface area contributed by atoms with Gasteiger partial charge in [0.25, 0.3) is 0 Å². The molecule has 0 spiro atoms. The van der Waals surface area contributed by atoms with Crippen molar-refractivity contribution in [2.24, 2.45) is 0 Å². The van der Waals surface area contributed by atoms with Gasteiger partial charge in [0.15, 0.2) is 0 Å². The zero-order chi connectivity index (χ0) is 7.11. The van der Waals surface area contributed by atoms with Gasteiger partial charge in [-0.3, -0.25) is 0 Å². The average Bonchev–Trinajstić information content (AvgIpc) is 1.89. The maximum atomic E-state index is 9.97. The van der Waals surface area contributed by atoms with Gasteiger partial charge < -0.3 is 9.53 Å². The highest BCUT2D eigenvalue weighted by atomic mass is 16.5. The minimum atomic E-state index is -0.225. The van der Waals surface area contributed by atoms with E-state index in [0.717, 1.165) is 19.1 Å². The molecule has 0 aromatic rings. The van der Waals surface area contributed by atoms with Crippen LogP contribution in [0.1, 0.15) is 26.7 Å². The predicted octanol–water partition coefficient (Wildman–Crippen LogP) is 1.39. The second-order valence-corrected chi connectivity index (χ2v) is 2.07. The fraction of sp³-hybridized carbons (Fsp3) is 0.857. The van der Waals surface area contributed by atoms with Crippen molar-refractivity contribution in [3.63, 3.8) is 0 Å². The quantitative estimate of drug-likeness (QED) is 0.415. The lowest BCUT2D eigenvalue weighted by Crippen LogP contribution is -2.09. The van der Waals surface area contributed by atoms with Crippen LogP contribution >= 0.6 is 0 Å². The number of aldehydes is 1. The SMILES string of the molecule is CCCCO[C@@H](C)C=O. The Morgan fingerprint density at radius 2 is 2.33 bits per heavy atom. The van der Waals surface area contributed by atoms with Gasteiger partial charge in [0.1, 0.15) is 12.4 Å². The van der Waals surface area contributed by atoms with Crippen LogP contribution in [0.3, 0.4) is 0 Å². The van der Waals surface area contributed by atoms with Gasteiger partial charge in [-0.2, -0.15) is 0 Å². The van der Waals surface area contributed by atoms with E-state index in [1.165, 1.54) is 0 Å². The summed E-state index contributed by atoms with van der Waals surface area (Å²) in [6, 6.07) is 0. The maximum Gasteiger partial charge on any atom is 0.148 e. The van der Waals surface area contributed by atoms with Gasteiger partial charge in [-0.15, -0.1) is 0 Å². The molecule has 0 radical (unpaired) electrons. The molecule has 0 aromatic carbocycles. The number of unbranched alkanes of at least 4 members (excludes halogenated alkanes) is 1. The monoisotopic (exact) mass is 130 g/mol. The van der Waals surface area contributed by atoms with Crippen LogP contribution in [0, 0.1) is 0 Å². The highest BCUT2D eigenvalue weighted by Crippen LogP contribution is 1.91. The summed E-state index contributed by atoms with van der Waals surface area (Å²) in [5.41, 5.74) is 0. The van der Waals surface area contributed by atoms with Crippen LogP contribution in [0.2, 0.25) is 0 Å². The molecule has 0 saturated heterocycles. The summed E-state index contributed by atoms with van der Waals surface area (Å²) >= 11 is 0. The molecule has 1 atom stereocenters. The lowest BCUT2D eigenvalue weighted by Gasteiger charge is -2.03. The van der Waals surface area contributed by atoms with Crippen molar-refractivity contribution < 1.29 is 9.53 Å². The predicted molar refractivity (Wildman–Crippen MR) is 36.4 cm³/mol. The Hall–Kier alpha value is -0.370. The van der Waals surface area contributed by atoms with Gasteiger partial charge in [0.05, 0.1) is 0 Å². The van der Waals surface area contributed by atoms with Gasteiger partial charge in [-0.1, -0.05) is 13.3 Å². The fourth-order valence-electron chi connectivity index (χ4n) is 0.453. The summed E-state index contributed by atoms with van der Waals surface area (Å²) in [5, 5.41) is 0. The lowest BCUT2D eigenvalue weighted by atomic mass is 10.3. The molecule has 0 aromatic heterocycles. The number of hydrogen-bond acceptors (Lipinski definition) is 2. The number of hydrogen-bond donors (Lipinski definition) is 0. The van der Waals surface area contributed by atoms with Crippen molar-refractivity contribution in [3.05, 3.63) is 0 Å². The third kappa shape index (κ3) is 5.50. The van der Waals surface area contributed by atoms with E-state index in [-0.39, 0.29) is 6.10 Å². The smallest absolute Gasteiger partial charge is 0.148 e. The summed E-state index contributed by atoms with van der Waals surface area (Å²) in [6.45, 7) is 4.55. The third-order valence-corrected chi connectivity index (χ3v) is 1.07. The minimum Gasteiger partial charge on any atom is -0.371 e. The summed E-state index contributed by atoms with van der Waals surface area (Å²) in [7, 11) is 0. The molecule has 0 aliphatic heterocycles. The first-order valence-corrected chi connectivity index (χ1v) is 3.38. The van der Waals surface area contributed by atoms with E-state index >= 15 is 0 Å². The van der Waals surface area contributed by atoms with Crippen molar-refractivity contribution in [3.8, 4) is 0 Å². The highest BCUT2D eigenvalue weighted by molar-refractivity contribution is 5.54. The van der Waals surface area contributed by atoms with Gasteiger partial charge in [-0.05, 0) is 13.3 Å². The van der Waals surface area contributed by atoms with Crippen LogP contribution in [-0.4, -0.2) is 19.0 Å². The van der Waals surface area contributed by atoms with Gasteiger partial charge >= 0.3 is 0 Å². The van der Waals surface area contributed by atoms with E-state index in [1.807, 2.05) is 0 Å². The van der Waals surface area contributed by atoms with E-state index in [1.54, 1.807) is 6.92 Å². The summed E-state index contributed by atoms with van der Waals surface area (Å²) < 4.78 is 5.06. The Kier molecular flexibility index (Phi) is 5.52. The molecule has 0 fully saturated rings. The molecule has 0 bridgehead atoms. The zero-order valence-corrected chi connectivity index (χ0v) is 6.09. The standard InChI is InChI=1S/C7H14O2/c1-3-4-5-9-7(2)6-8/h6-7H,3-5H2,1-2H3/t7-/m0/s1. The Morgan fingerprint density at radius 3 is 2.78 bits per heavy atom. The first-order valence-electron chi connectivity index (χ1n) is 3.38. The Bertz CT molecular complexity index is 71.3. The fourth-order valence-corrected chi connectivity index (χ4v) is 0.453. The van der Waals surface area contributed by atoms with Crippen molar-refractivity contribution in [2.75, 3.05) is 6.61 Å². The average molecular weight is 130 g/mol. The summed E-state index contributed by atoms with van der Waals surface area (Å²) in [5.74, 6) is 0. The van der Waals surface area contributed by atoms with Crippen LogP contribution < -0.4 is 0 Å². The minimum absolute atomic E-state index is 0.225. The molecule has 0 rings (SSSR count). The van der Waals surface area contributed by atoms with Gasteiger partial charge in [-0.25, -0.2) is 0 Å². The molecule has 2 nitrogen and oxygen atoms in total. The Morgan fingerprint density at radius 1 is 1.67 bits per heavy atom. The molecule has 0 heterocycles. The number of carbonyl (C=O) groups is 1. The molecular weight excluding hydrogens is 116 g/mol. The zero-order valence-electron chi connectivity index (χ0n) is 6.09. The normalized spacial score (nSPS) is 13.1. The number of carbonyl (C=O) groups excluding carboxylic acids is 1. The van der Waals surface area contributed by atoms with Crippen molar-refractivity contribution >= 4 is 6.29 Å². The van der Waals surface area contributed by atoms with E-state index < -0.39 is 0 Å². The Labute approximate surface area is 56.2 Å². The van der Waals surface area contributed by atoms with Gasteiger partial charge in [0.2, 0.25) is 0 Å². The first-order chi connectivity index (χ1) is 4.31. The molecule has 54 valence electrons. The lowest BCUT2D eigenvalue weighted by molar-refractivity contribution is -0.117. The van der Waals surface area contributed by atoms with Crippen molar-refractivity contribution in [1.82, 2.24) is 0 Å². The number of ether oxygens (including phenoxy) is 1. The molecule has 0 aliphatic rings. The van der Waals surface area contributed by atoms with Crippen molar-refractivity contribution in [1.29, 1.82) is 0 Å². The largest absolute Gasteiger partial charge is 0.371 e. The summed E-state index contributed by atoms with van der Waals surface area (Å²) in [6.07, 6.45) is 2.75. The van der Waals surface area contributed by atoms with E-state index in [2.05, 4.69) is 6.92 Å². The number of rotatable bonds is 5. The molecule has 9 heavy (non-hydrogen) atoms. The third-order valence-electron chi connectivity index (χ3n) is 1.07. The Balaban J connectivity index is 2.96. The van der Waals surface area contributed by atoms with Crippen LogP contribution in [-0.2, 0) is 9.53 Å². The van der Waals surface area contributed by atoms with Crippen LogP contribution in [0.25, 0.3) is 0 Å². The second kappa shape index (κ2) is 5.76. The molecule has 0 unspecified atom stereocenters. The molecule has 0 amide bonds. The molecule has 0 aliphatic carbocycles. The van der Waals surface area contributed by atoms with E-state index in [0.29, 0.717) is 6.61 Å². The molecule has 2 heteroatoms. The van der Waals surface area contributed by atoms with Crippen LogP contribution in [0.4, 0.5) is 0 Å². The summed E-state index contributed by atoms with van der Waals surface area (Å²) in [4.78, 5) is 9.97. The van der Waals surface area contributed by atoms with Crippen molar-refractivity contribution in [2.45, 2.75) is 32.8 Å². The van der Waals surface area contributed by atoms with Crippen LogP contribution in [0.15, 0.2) is 0 Å². The maximum absolute atomic E-state index is 9.97. The van der Waals surface area contributed by atoms with E-state index in [4.69, 9.17) is 4.74 Å². The molecular formula is C7H14O2. The molecule has 0 saturated carbocycles. The van der Waals surface area contributed by atoms with E-state index in [9.17, 15) is 4.79 Å². The highest BCUT2D eigenvalue weighted by Gasteiger charge is 1.95. The van der Waals surface area contributed by atoms with Crippen LogP contribution in [0.5, 0.6) is 0 Å². The second-order valence-electron chi connectivity index (χ2n) is 2.07.